The van der Waals surface area contributed by atoms with Crippen LogP contribution in [0, 0.1) is 17.0 Å². The van der Waals surface area contributed by atoms with E-state index in [1.807, 2.05) is 43.9 Å². The lowest BCUT2D eigenvalue weighted by Gasteiger charge is -2.22. The molecule has 4 aromatic rings. The molecule has 0 radical (unpaired) electrons. The van der Waals surface area contributed by atoms with Gasteiger partial charge >= 0.3 is 0 Å². The summed E-state index contributed by atoms with van der Waals surface area (Å²) in [6.07, 6.45) is 5.94. The van der Waals surface area contributed by atoms with Crippen LogP contribution in [0.25, 0.3) is 22.2 Å². The molecule has 0 saturated carbocycles. The highest BCUT2D eigenvalue weighted by Crippen LogP contribution is 2.39. The van der Waals surface area contributed by atoms with Crippen LogP contribution in [0.5, 0.6) is 5.75 Å². The number of likely N-dealkylation sites (N-methyl/N-ethyl adjacent to an activating group) is 2. The third kappa shape index (κ3) is 4.74. The predicted octanol–water partition coefficient (Wildman–Crippen LogP) is 5.01. The van der Waals surface area contributed by atoms with Gasteiger partial charge < -0.3 is 24.4 Å². The summed E-state index contributed by atoms with van der Waals surface area (Å²) < 4.78 is 7.93. The molecule has 0 spiro atoms. The quantitative estimate of drug-likeness (QED) is 0.245. The summed E-state index contributed by atoms with van der Waals surface area (Å²) in [7, 11) is 7.44. The first kappa shape index (κ1) is 25.5. The Hall–Kier alpha value is -4.18. The Morgan fingerprint density at radius 1 is 1.21 bits per heavy atom. The van der Waals surface area contributed by atoms with Crippen LogP contribution in [0.1, 0.15) is 17.5 Å². The third-order valence-corrected chi connectivity index (χ3v) is 7.12. The van der Waals surface area contributed by atoms with Gasteiger partial charge in [0, 0.05) is 49.9 Å². The highest BCUT2D eigenvalue weighted by Gasteiger charge is 2.23. The van der Waals surface area contributed by atoms with E-state index in [4.69, 9.17) is 9.72 Å². The van der Waals surface area contributed by atoms with E-state index in [1.54, 1.807) is 19.4 Å². The molecule has 0 unspecified atom stereocenters. The van der Waals surface area contributed by atoms with E-state index in [2.05, 4.69) is 39.3 Å². The molecule has 0 saturated heterocycles. The lowest BCUT2D eigenvalue weighted by Crippen LogP contribution is -2.29. The predicted molar refractivity (Wildman–Crippen MR) is 151 cm³/mol. The molecule has 0 amide bonds. The van der Waals surface area contributed by atoms with E-state index in [1.165, 1.54) is 11.1 Å². The summed E-state index contributed by atoms with van der Waals surface area (Å²) >= 11 is 0. The number of para-hydroxylation sites is 1. The van der Waals surface area contributed by atoms with Crippen LogP contribution >= 0.6 is 0 Å². The first-order chi connectivity index (χ1) is 18.3. The number of methoxy groups -OCH3 is 1. The van der Waals surface area contributed by atoms with Crippen molar-refractivity contribution in [2.45, 2.75) is 26.3 Å². The smallest absolute Gasteiger partial charge is 0.294 e. The molecule has 10 heteroatoms. The van der Waals surface area contributed by atoms with Gasteiger partial charge in [-0.15, -0.1) is 0 Å². The number of aryl methyl sites for hydroxylation is 3. The third-order valence-electron chi connectivity index (χ3n) is 7.12. The number of ether oxygens (including phenoxy) is 1. The van der Waals surface area contributed by atoms with Crippen LogP contribution in [0.2, 0.25) is 0 Å². The molecule has 198 valence electrons. The van der Waals surface area contributed by atoms with Crippen LogP contribution in [-0.2, 0) is 13.0 Å². The molecule has 5 rings (SSSR count). The molecule has 38 heavy (non-hydrogen) atoms. The van der Waals surface area contributed by atoms with Crippen molar-refractivity contribution in [3.8, 4) is 17.0 Å². The molecule has 3 heterocycles. The average molecular weight is 516 g/mol. The topological polar surface area (TPSA) is 102 Å². The Morgan fingerprint density at radius 3 is 2.76 bits per heavy atom. The van der Waals surface area contributed by atoms with Crippen molar-refractivity contribution in [3.05, 3.63) is 64.0 Å². The number of rotatable bonds is 9. The first-order valence-electron chi connectivity index (χ1n) is 12.7. The first-order valence-corrected chi connectivity index (χ1v) is 12.7. The summed E-state index contributed by atoms with van der Waals surface area (Å²) in [6.45, 7) is 4.34. The number of benzene rings is 2. The summed E-state index contributed by atoms with van der Waals surface area (Å²) in [5.41, 5.74) is 6.28. The number of nitrogens with zero attached hydrogens (tertiary/aromatic N) is 6. The van der Waals surface area contributed by atoms with Gasteiger partial charge in [-0.05, 0) is 51.1 Å². The Bertz CT molecular complexity index is 1510. The molecular weight excluding hydrogens is 482 g/mol. The Balaban J connectivity index is 1.53. The highest BCUT2D eigenvalue weighted by atomic mass is 16.6. The minimum Gasteiger partial charge on any atom is -0.493 e. The lowest BCUT2D eigenvalue weighted by atomic mass is 10.0. The number of hydrogen-bond acceptors (Lipinski definition) is 8. The number of hydrogen-bond donors (Lipinski definition) is 1. The maximum Gasteiger partial charge on any atom is 0.294 e. The summed E-state index contributed by atoms with van der Waals surface area (Å²) in [5, 5.41) is 16.3. The van der Waals surface area contributed by atoms with Crippen molar-refractivity contribution < 1.29 is 9.66 Å². The zero-order chi connectivity index (χ0) is 27.0. The van der Waals surface area contributed by atoms with E-state index < -0.39 is 0 Å². The van der Waals surface area contributed by atoms with Crippen molar-refractivity contribution >= 4 is 33.9 Å². The largest absolute Gasteiger partial charge is 0.493 e. The fraction of sp³-hybridized carbons (Fsp3) is 0.357. The van der Waals surface area contributed by atoms with E-state index >= 15 is 0 Å². The fourth-order valence-electron chi connectivity index (χ4n) is 5.08. The number of aromatic nitrogens is 3. The van der Waals surface area contributed by atoms with Gasteiger partial charge in [-0.25, -0.2) is 9.97 Å². The average Bonchev–Trinajstić information content (AvgIpc) is 3.28. The maximum atomic E-state index is 12.0. The van der Waals surface area contributed by atoms with Gasteiger partial charge in [-0.3, -0.25) is 10.1 Å². The molecule has 0 fully saturated rings. The molecular formula is C28H33N7O3. The molecule has 0 atom stereocenters. The standard InChI is InChI=1S/C28H33N7O3/c1-18-14-23(33(4)13-12-32(2)3)24(35(36)37)15-22(18)30-28-29-16-25(38-5)26(31-28)21-17-34-11-7-9-19-8-6-10-20(21)27(19)34/h6,8,10,14-17H,7,9,11-13H2,1-5H3,(H,29,30,31). The van der Waals surface area contributed by atoms with Gasteiger partial charge in [0.15, 0.2) is 5.75 Å². The van der Waals surface area contributed by atoms with Crippen LogP contribution < -0.4 is 15.0 Å². The van der Waals surface area contributed by atoms with Gasteiger partial charge in [-0.2, -0.15) is 0 Å². The van der Waals surface area contributed by atoms with Crippen molar-refractivity contribution in [1.29, 1.82) is 0 Å². The lowest BCUT2D eigenvalue weighted by molar-refractivity contribution is -0.384. The Morgan fingerprint density at radius 2 is 2.03 bits per heavy atom. The number of nitro groups is 1. The Labute approximate surface area is 222 Å². The number of anilines is 3. The van der Waals surface area contributed by atoms with Gasteiger partial charge in [0.05, 0.1) is 29.4 Å². The van der Waals surface area contributed by atoms with Gasteiger partial charge in [0.2, 0.25) is 5.95 Å². The van der Waals surface area contributed by atoms with Gasteiger partial charge in [0.1, 0.15) is 11.4 Å². The Kier molecular flexibility index (Phi) is 6.90. The summed E-state index contributed by atoms with van der Waals surface area (Å²) in [4.78, 5) is 24.9. The van der Waals surface area contributed by atoms with Crippen molar-refractivity contribution in [3.63, 3.8) is 0 Å². The second-order valence-corrected chi connectivity index (χ2v) is 10.0. The van der Waals surface area contributed by atoms with Crippen LogP contribution in [0.3, 0.4) is 0 Å². The zero-order valence-corrected chi connectivity index (χ0v) is 22.5. The molecule has 1 aliphatic rings. The van der Waals surface area contributed by atoms with Crippen molar-refractivity contribution in [2.24, 2.45) is 0 Å². The van der Waals surface area contributed by atoms with E-state index in [9.17, 15) is 10.1 Å². The monoisotopic (exact) mass is 515 g/mol. The molecule has 1 aliphatic heterocycles. The molecule has 2 aromatic carbocycles. The molecule has 0 bridgehead atoms. The molecule has 1 N–H and O–H groups in total. The molecule has 10 nitrogen and oxygen atoms in total. The van der Waals surface area contributed by atoms with Crippen LogP contribution in [-0.4, -0.2) is 65.7 Å². The van der Waals surface area contributed by atoms with Gasteiger partial charge in [-0.1, -0.05) is 18.2 Å². The zero-order valence-electron chi connectivity index (χ0n) is 22.5. The second kappa shape index (κ2) is 10.3. The number of nitrogens with one attached hydrogen (secondary N) is 1. The SMILES string of the molecule is COc1cnc(Nc2cc([N+](=O)[O-])c(N(C)CCN(C)C)cc2C)nc1-c1cn2c3c(cccc13)CCC2. The van der Waals surface area contributed by atoms with Crippen molar-refractivity contribution in [2.75, 3.05) is 51.6 Å². The van der Waals surface area contributed by atoms with Crippen LogP contribution in [0.4, 0.5) is 23.0 Å². The highest BCUT2D eigenvalue weighted by molar-refractivity contribution is 5.98. The molecule has 2 aromatic heterocycles. The van der Waals surface area contributed by atoms with E-state index in [0.717, 1.165) is 42.4 Å². The maximum absolute atomic E-state index is 12.0. The minimum atomic E-state index is -0.347. The molecule has 0 aliphatic carbocycles. The minimum absolute atomic E-state index is 0.0297. The van der Waals surface area contributed by atoms with Crippen molar-refractivity contribution in [1.82, 2.24) is 19.4 Å². The summed E-state index contributed by atoms with van der Waals surface area (Å²) in [5.74, 6) is 0.915. The fourth-order valence-corrected chi connectivity index (χ4v) is 5.08. The number of nitro benzene ring substituents is 1. The van der Waals surface area contributed by atoms with E-state index in [0.29, 0.717) is 35.3 Å². The van der Waals surface area contributed by atoms with Crippen LogP contribution in [0.15, 0.2) is 42.7 Å². The normalized spacial score (nSPS) is 12.7. The van der Waals surface area contributed by atoms with E-state index in [-0.39, 0.29) is 10.6 Å². The summed E-state index contributed by atoms with van der Waals surface area (Å²) in [6, 6.07) is 9.78. The second-order valence-electron chi connectivity index (χ2n) is 10.0. The van der Waals surface area contributed by atoms with Gasteiger partial charge in [0.25, 0.3) is 5.69 Å².